The number of amides is 1. The lowest BCUT2D eigenvalue weighted by atomic mass is 10.1. The molecular formula is C13H21NO3. The molecule has 1 rings (SSSR count). The Kier molecular flexibility index (Phi) is 6.03. The topological polar surface area (TPSA) is 49.8 Å². The number of aliphatic hydroxyl groups is 1. The SMILES string of the molecule is C#CCOCCC(=O)N1CCCC1CC(C)O. The van der Waals surface area contributed by atoms with Crippen molar-refractivity contribution >= 4 is 5.91 Å². The summed E-state index contributed by atoms with van der Waals surface area (Å²) in [6.07, 6.45) is 7.74. The average Bonchev–Trinajstić information content (AvgIpc) is 2.71. The van der Waals surface area contributed by atoms with Crippen molar-refractivity contribution in [2.75, 3.05) is 19.8 Å². The van der Waals surface area contributed by atoms with Gasteiger partial charge in [0.2, 0.25) is 5.91 Å². The van der Waals surface area contributed by atoms with Crippen LogP contribution in [0.4, 0.5) is 0 Å². The van der Waals surface area contributed by atoms with Gasteiger partial charge in [0.15, 0.2) is 0 Å². The lowest BCUT2D eigenvalue weighted by molar-refractivity contribution is -0.133. The van der Waals surface area contributed by atoms with Gasteiger partial charge in [0, 0.05) is 12.6 Å². The second-order valence-corrected chi connectivity index (χ2v) is 4.47. The molecule has 1 aliphatic heterocycles. The molecule has 0 bridgehead atoms. The van der Waals surface area contributed by atoms with Gasteiger partial charge >= 0.3 is 0 Å². The molecule has 96 valence electrons. The standard InChI is InChI=1S/C13H21NO3/c1-3-8-17-9-6-13(16)14-7-4-5-12(14)10-11(2)15/h1,11-12,15H,4-10H2,2H3. The minimum atomic E-state index is -0.355. The fraction of sp³-hybridized carbons (Fsp3) is 0.769. The van der Waals surface area contributed by atoms with E-state index in [4.69, 9.17) is 11.2 Å². The highest BCUT2D eigenvalue weighted by Crippen LogP contribution is 2.22. The molecule has 1 amide bonds. The second-order valence-electron chi connectivity index (χ2n) is 4.47. The van der Waals surface area contributed by atoms with Gasteiger partial charge in [0.05, 0.1) is 19.1 Å². The van der Waals surface area contributed by atoms with Gasteiger partial charge in [-0.05, 0) is 26.2 Å². The molecule has 1 saturated heterocycles. The van der Waals surface area contributed by atoms with Crippen molar-refractivity contribution in [3.63, 3.8) is 0 Å². The van der Waals surface area contributed by atoms with Crippen LogP contribution in [0.2, 0.25) is 0 Å². The van der Waals surface area contributed by atoms with Gasteiger partial charge in [-0.1, -0.05) is 5.92 Å². The molecule has 0 radical (unpaired) electrons. The molecule has 1 heterocycles. The van der Waals surface area contributed by atoms with Gasteiger partial charge in [-0.2, -0.15) is 0 Å². The van der Waals surface area contributed by atoms with Crippen LogP contribution in [0.5, 0.6) is 0 Å². The fourth-order valence-corrected chi connectivity index (χ4v) is 2.24. The lowest BCUT2D eigenvalue weighted by Gasteiger charge is -2.25. The number of carbonyl (C=O) groups is 1. The molecule has 17 heavy (non-hydrogen) atoms. The third-order valence-electron chi connectivity index (χ3n) is 2.96. The number of hydrogen-bond donors (Lipinski definition) is 1. The number of hydrogen-bond acceptors (Lipinski definition) is 3. The minimum absolute atomic E-state index is 0.102. The molecule has 0 spiro atoms. The maximum Gasteiger partial charge on any atom is 0.225 e. The average molecular weight is 239 g/mol. The van der Waals surface area contributed by atoms with Crippen LogP contribution >= 0.6 is 0 Å². The van der Waals surface area contributed by atoms with Crippen molar-refractivity contribution in [1.82, 2.24) is 4.90 Å². The van der Waals surface area contributed by atoms with Crippen LogP contribution in [-0.4, -0.2) is 47.8 Å². The van der Waals surface area contributed by atoms with Crippen LogP contribution in [0.15, 0.2) is 0 Å². The number of aliphatic hydroxyl groups excluding tert-OH is 1. The smallest absolute Gasteiger partial charge is 0.225 e. The number of ether oxygens (including phenoxy) is 1. The van der Waals surface area contributed by atoms with E-state index in [2.05, 4.69) is 5.92 Å². The molecule has 0 aromatic carbocycles. The summed E-state index contributed by atoms with van der Waals surface area (Å²) in [6.45, 7) is 3.19. The highest BCUT2D eigenvalue weighted by atomic mass is 16.5. The first-order valence-corrected chi connectivity index (χ1v) is 6.14. The molecular weight excluding hydrogens is 218 g/mol. The predicted molar refractivity (Wildman–Crippen MR) is 65.3 cm³/mol. The maximum absolute atomic E-state index is 11.9. The first-order chi connectivity index (χ1) is 8.15. The summed E-state index contributed by atoms with van der Waals surface area (Å²) in [5, 5.41) is 9.37. The highest BCUT2D eigenvalue weighted by Gasteiger charge is 2.28. The molecule has 0 aliphatic carbocycles. The van der Waals surface area contributed by atoms with Crippen molar-refractivity contribution < 1.29 is 14.6 Å². The summed E-state index contributed by atoms with van der Waals surface area (Å²) >= 11 is 0. The molecule has 0 saturated carbocycles. The van der Waals surface area contributed by atoms with E-state index in [0.29, 0.717) is 19.4 Å². The zero-order chi connectivity index (χ0) is 12.7. The Balaban J connectivity index is 2.32. The third kappa shape index (κ3) is 4.76. The monoisotopic (exact) mass is 239 g/mol. The molecule has 1 aliphatic rings. The zero-order valence-corrected chi connectivity index (χ0v) is 10.4. The number of carbonyl (C=O) groups excluding carboxylic acids is 1. The number of nitrogens with zero attached hydrogens (tertiary/aromatic N) is 1. The minimum Gasteiger partial charge on any atom is -0.393 e. The number of rotatable bonds is 6. The zero-order valence-electron chi connectivity index (χ0n) is 10.4. The van der Waals surface area contributed by atoms with E-state index in [1.807, 2.05) is 4.90 Å². The lowest BCUT2D eigenvalue weighted by Crippen LogP contribution is -2.37. The van der Waals surface area contributed by atoms with E-state index < -0.39 is 0 Å². The Morgan fingerprint density at radius 2 is 2.47 bits per heavy atom. The van der Waals surface area contributed by atoms with Crippen molar-refractivity contribution in [3.8, 4) is 12.3 Å². The van der Waals surface area contributed by atoms with Crippen LogP contribution in [-0.2, 0) is 9.53 Å². The number of likely N-dealkylation sites (tertiary alicyclic amines) is 1. The Bertz CT molecular complexity index is 283. The molecule has 0 aromatic heterocycles. The molecule has 2 unspecified atom stereocenters. The number of terminal acetylenes is 1. The summed E-state index contributed by atoms with van der Waals surface area (Å²) in [5.41, 5.74) is 0. The Hall–Kier alpha value is -1.05. The molecule has 1 N–H and O–H groups in total. The van der Waals surface area contributed by atoms with E-state index in [-0.39, 0.29) is 24.7 Å². The van der Waals surface area contributed by atoms with Crippen molar-refractivity contribution in [2.24, 2.45) is 0 Å². The largest absolute Gasteiger partial charge is 0.393 e. The molecule has 2 atom stereocenters. The van der Waals surface area contributed by atoms with E-state index in [1.54, 1.807) is 6.92 Å². The summed E-state index contributed by atoms with van der Waals surface area (Å²) in [6, 6.07) is 0.190. The van der Waals surface area contributed by atoms with Crippen LogP contribution in [0.3, 0.4) is 0 Å². The molecule has 0 aromatic rings. The summed E-state index contributed by atoms with van der Waals surface area (Å²) < 4.78 is 5.10. The van der Waals surface area contributed by atoms with Gasteiger partial charge in [-0.15, -0.1) is 6.42 Å². The summed E-state index contributed by atoms with van der Waals surface area (Å²) in [5.74, 6) is 2.47. The second kappa shape index (κ2) is 7.31. The van der Waals surface area contributed by atoms with E-state index in [9.17, 15) is 9.90 Å². The highest BCUT2D eigenvalue weighted by molar-refractivity contribution is 5.76. The third-order valence-corrected chi connectivity index (χ3v) is 2.96. The summed E-state index contributed by atoms with van der Waals surface area (Å²) in [4.78, 5) is 13.8. The van der Waals surface area contributed by atoms with Crippen LogP contribution in [0.25, 0.3) is 0 Å². The van der Waals surface area contributed by atoms with Gasteiger partial charge in [0.1, 0.15) is 6.61 Å². The maximum atomic E-state index is 11.9. The first kappa shape index (κ1) is 14.0. The van der Waals surface area contributed by atoms with Gasteiger partial charge in [0.25, 0.3) is 0 Å². The Morgan fingerprint density at radius 1 is 1.71 bits per heavy atom. The van der Waals surface area contributed by atoms with E-state index in [1.165, 1.54) is 0 Å². The van der Waals surface area contributed by atoms with Crippen LogP contribution in [0, 0.1) is 12.3 Å². The predicted octanol–water partition coefficient (Wildman–Crippen LogP) is 0.788. The Morgan fingerprint density at radius 3 is 3.12 bits per heavy atom. The van der Waals surface area contributed by atoms with Gasteiger partial charge in [-0.3, -0.25) is 4.79 Å². The summed E-state index contributed by atoms with van der Waals surface area (Å²) in [7, 11) is 0. The first-order valence-electron chi connectivity index (χ1n) is 6.14. The molecule has 4 heteroatoms. The molecule has 4 nitrogen and oxygen atoms in total. The molecule has 1 fully saturated rings. The quantitative estimate of drug-likeness (QED) is 0.550. The normalized spacial score (nSPS) is 21.2. The van der Waals surface area contributed by atoms with Crippen LogP contribution in [0.1, 0.15) is 32.6 Å². The van der Waals surface area contributed by atoms with Crippen LogP contribution < -0.4 is 0 Å². The van der Waals surface area contributed by atoms with Crippen molar-refractivity contribution in [2.45, 2.75) is 44.8 Å². The van der Waals surface area contributed by atoms with Crippen molar-refractivity contribution in [1.29, 1.82) is 0 Å². The Labute approximate surface area is 103 Å². The van der Waals surface area contributed by atoms with E-state index in [0.717, 1.165) is 19.4 Å². The van der Waals surface area contributed by atoms with Crippen molar-refractivity contribution in [3.05, 3.63) is 0 Å². The van der Waals surface area contributed by atoms with Gasteiger partial charge in [-0.25, -0.2) is 0 Å². The fourth-order valence-electron chi connectivity index (χ4n) is 2.24. The van der Waals surface area contributed by atoms with Gasteiger partial charge < -0.3 is 14.7 Å². The van der Waals surface area contributed by atoms with E-state index >= 15 is 0 Å².